The third kappa shape index (κ3) is 6.10. The van der Waals surface area contributed by atoms with Crippen molar-refractivity contribution in [3.05, 3.63) is 95.6 Å². The van der Waals surface area contributed by atoms with Crippen LogP contribution >= 0.6 is 0 Å². The van der Waals surface area contributed by atoms with Crippen molar-refractivity contribution in [3.8, 4) is 11.1 Å². The van der Waals surface area contributed by atoms with Crippen LogP contribution in [0.3, 0.4) is 0 Å². The zero-order valence-electron chi connectivity index (χ0n) is 19.1. The van der Waals surface area contributed by atoms with E-state index in [0.29, 0.717) is 5.92 Å². The molecule has 172 valence electrons. The van der Waals surface area contributed by atoms with E-state index < -0.39 is 0 Å². The topological polar surface area (TPSA) is 75.4 Å². The summed E-state index contributed by atoms with van der Waals surface area (Å²) in [7, 11) is 0. The van der Waals surface area contributed by atoms with E-state index in [1.807, 2.05) is 42.5 Å². The van der Waals surface area contributed by atoms with Gasteiger partial charge in [-0.05, 0) is 78.5 Å². The van der Waals surface area contributed by atoms with Gasteiger partial charge in [-0.1, -0.05) is 72.8 Å². The second kappa shape index (κ2) is 11.3. The number of benzene rings is 3. The molecule has 0 aliphatic heterocycles. The van der Waals surface area contributed by atoms with E-state index in [0.717, 1.165) is 60.9 Å². The summed E-state index contributed by atoms with van der Waals surface area (Å²) < 4.78 is 0. The molecular weight excluding hydrogens is 408 g/mol. The van der Waals surface area contributed by atoms with Crippen molar-refractivity contribution >= 4 is 5.91 Å². The number of hydrogen-bond acceptors (Lipinski definition) is 3. The highest BCUT2D eigenvalue weighted by molar-refractivity contribution is 5.79. The lowest BCUT2D eigenvalue weighted by Gasteiger charge is -2.29. The summed E-state index contributed by atoms with van der Waals surface area (Å²) in [4.78, 5) is 13.2. The minimum absolute atomic E-state index is 0.0404. The fourth-order valence-corrected chi connectivity index (χ4v) is 4.79. The van der Waals surface area contributed by atoms with Crippen LogP contribution in [0.1, 0.15) is 48.4 Å². The van der Waals surface area contributed by atoms with Crippen LogP contribution in [-0.4, -0.2) is 17.6 Å². The van der Waals surface area contributed by atoms with Crippen molar-refractivity contribution in [1.29, 1.82) is 0 Å². The highest BCUT2D eigenvalue weighted by atomic mass is 16.3. The van der Waals surface area contributed by atoms with E-state index >= 15 is 0 Å². The minimum atomic E-state index is -0.0937. The van der Waals surface area contributed by atoms with Gasteiger partial charge in [0.25, 0.3) is 0 Å². The van der Waals surface area contributed by atoms with Crippen molar-refractivity contribution in [2.75, 3.05) is 6.54 Å². The molecule has 1 saturated carbocycles. The Morgan fingerprint density at radius 3 is 2.27 bits per heavy atom. The number of nitrogens with two attached hydrogens (primary N) is 1. The van der Waals surface area contributed by atoms with E-state index in [-0.39, 0.29) is 24.5 Å². The first kappa shape index (κ1) is 23.2. The Hall–Kier alpha value is -2.95. The Labute approximate surface area is 196 Å². The molecule has 1 aliphatic carbocycles. The summed E-state index contributed by atoms with van der Waals surface area (Å²) in [5, 5.41) is 12.7. The third-order valence-corrected chi connectivity index (χ3v) is 6.91. The fraction of sp³-hybridized carbons (Fsp3) is 0.345. The maximum Gasteiger partial charge on any atom is 0.223 e. The Kier molecular flexibility index (Phi) is 7.92. The molecular formula is C29H34N2O2. The predicted molar refractivity (Wildman–Crippen MR) is 133 cm³/mol. The van der Waals surface area contributed by atoms with Gasteiger partial charge in [-0.15, -0.1) is 0 Å². The monoisotopic (exact) mass is 442 g/mol. The van der Waals surface area contributed by atoms with Crippen molar-refractivity contribution < 1.29 is 9.90 Å². The number of amides is 1. The van der Waals surface area contributed by atoms with Gasteiger partial charge in [0.2, 0.25) is 5.91 Å². The highest BCUT2D eigenvalue weighted by Gasteiger charge is 2.27. The summed E-state index contributed by atoms with van der Waals surface area (Å²) in [6.07, 6.45) is 4.66. The standard InChI is InChI=1S/C29H34N2O2/c30-19-22-9-15-25(16-10-22)29(33)31-28(17-21-5-2-1-3-6-21)27-8-4-7-26(18-27)24-13-11-23(20-32)12-14-24/h1-8,11-14,18,22,25,28,32H,9-10,15-17,19-20,30H2,(H,31,33). The smallest absolute Gasteiger partial charge is 0.223 e. The molecule has 0 spiro atoms. The maximum atomic E-state index is 13.2. The summed E-state index contributed by atoms with van der Waals surface area (Å²) in [6, 6.07) is 26.6. The van der Waals surface area contributed by atoms with Gasteiger partial charge in [-0.3, -0.25) is 4.79 Å². The van der Waals surface area contributed by atoms with Crippen molar-refractivity contribution in [3.63, 3.8) is 0 Å². The van der Waals surface area contributed by atoms with Crippen molar-refractivity contribution in [2.24, 2.45) is 17.6 Å². The van der Waals surface area contributed by atoms with Gasteiger partial charge in [0.1, 0.15) is 0 Å². The van der Waals surface area contributed by atoms with Crippen LogP contribution in [-0.2, 0) is 17.8 Å². The molecule has 1 aliphatic rings. The Morgan fingerprint density at radius 2 is 1.61 bits per heavy atom. The summed E-state index contributed by atoms with van der Waals surface area (Å²) >= 11 is 0. The molecule has 1 atom stereocenters. The molecule has 4 N–H and O–H groups in total. The van der Waals surface area contributed by atoms with Gasteiger partial charge in [0, 0.05) is 5.92 Å². The number of carbonyl (C=O) groups excluding carboxylic acids is 1. The second-order valence-electron chi connectivity index (χ2n) is 9.18. The Morgan fingerprint density at radius 1 is 0.879 bits per heavy atom. The van der Waals surface area contributed by atoms with Crippen LogP contribution in [0.5, 0.6) is 0 Å². The average molecular weight is 443 g/mol. The van der Waals surface area contributed by atoms with Crippen LogP contribution in [0.2, 0.25) is 0 Å². The van der Waals surface area contributed by atoms with E-state index in [1.165, 1.54) is 5.56 Å². The molecule has 4 heteroatoms. The summed E-state index contributed by atoms with van der Waals surface area (Å²) in [5.41, 5.74) is 11.2. The van der Waals surface area contributed by atoms with Gasteiger partial charge >= 0.3 is 0 Å². The minimum Gasteiger partial charge on any atom is -0.392 e. The molecule has 4 nitrogen and oxygen atoms in total. The number of nitrogens with one attached hydrogen (secondary N) is 1. The molecule has 33 heavy (non-hydrogen) atoms. The van der Waals surface area contributed by atoms with Crippen molar-refractivity contribution in [1.82, 2.24) is 5.32 Å². The largest absolute Gasteiger partial charge is 0.392 e. The Bertz CT molecular complexity index is 1030. The zero-order valence-corrected chi connectivity index (χ0v) is 19.1. The normalized spacial score (nSPS) is 19.1. The summed E-state index contributed by atoms with van der Waals surface area (Å²) in [5.74, 6) is 0.785. The van der Waals surface area contributed by atoms with Crippen LogP contribution in [0.15, 0.2) is 78.9 Å². The van der Waals surface area contributed by atoms with Gasteiger partial charge < -0.3 is 16.2 Å². The molecule has 4 rings (SSSR count). The first-order valence-electron chi connectivity index (χ1n) is 12.0. The number of carbonyl (C=O) groups is 1. The number of hydrogen-bond donors (Lipinski definition) is 3. The molecule has 0 bridgehead atoms. The number of rotatable bonds is 8. The maximum absolute atomic E-state index is 13.2. The molecule has 1 amide bonds. The average Bonchev–Trinajstić information content (AvgIpc) is 2.89. The van der Waals surface area contributed by atoms with E-state index in [1.54, 1.807) is 0 Å². The van der Waals surface area contributed by atoms with E-state index in [2.05, 4.69) is 41.7 Å². The van der Waals surface area contributed by atoms with Crippen LogP contribution < -0.4 is 11.1 Å². The fourth-order valence-electron chi connectivity index (χ4n) is 4.79. The molecule has 3 aromatic rings. The molecule has 3 aromatic carbocycles. The van der Waals surface area contributed by atoms with Gasteiger partial charge in [0.15, 0.2) is 0 Å². The zero-order chi connectivity index (χ0) is 23.0. The van der Waals surface area contributed by atoms with E-state index in [9.17, 15) is 9.90 Å². The second-order valence-corrected chi connectivity index (χ2v) is 9.18. The van der Waals surface area contributed by atoms with Gasteiger partial charge in [0.05, 0.1) is 12.6 Å². The molecule has 0 aromatic heterocycles. The lowest BCUT2D eigenvalue weighted by atomic mass is 9.81. The Balaban J connectivity index is 1.56. The summed E-state index contributed by atoms with van der Waals surface area (Å²) in [6.45, 7) is 0.760. The van der Waals surface area contributed by atoms with Gasteiger partial charge in [-0.2, -0.15) is 0 Å². The number of aliphatic hydroxyl groups excluding tert-OH is 1. The molecule has 1 unspecified atom stereocenters. The van der Waals surface area contributed by atoms with Crippen molar-refractivity contribution in [2.45, 2.75) is 44.8 Å². The van der Waals surface area contributed by atoms with Gasteiger partial charge in [-0.25, -0.2) is 0 Å². The van der Waals surface area contributed by atoms with Crippen LogP contribution in [0.4, 0.5) is 0 Å². The molecule has 0 radical (unpaired) electrons. The van der Waals surface area contributed by atoms with Crippen LogP contribution in [0.25, 0.3) is 11.1 Å². The molecule has 0 heterocycles. The molecule has 0 saturated heterocycles. The van der Waals surface area contributed by atoms with E-state index in [4.69, 9.17) is 5.73 Å². The highest BCUT2D eigenvalue weighted by Crippen LogP contribution is 2.30. The first-order chi connectivity index (χ1) is 16.2. The SMILES string of the molecule is NCC1CCC(C(=O)NC(Cc2ccccc2)c2cccc(-c3ccc(CO)cc3)c2)CC1. The first-order valence-corrected chi connectivity index (χ1v) is 12.0. The lowest BCUT2D eigenvalue weighted by molar-refractivity contribution is -0.127. The number of aliphatic hydroxyl groups is 1. The quantitative estimate of drug-likeness (QED) is 0.459. The third-order valence-electron chi connectivity index (χ3n) is 6.91. The predicted octanol–water partition coefficient (Wildman–Crippen LogP) is 5.01. The molecule has 1 fully saturated rings. The lowest BCUT2D eigenvalue weighted by Crippen LogP contribution is -2.37. The van der Waals surface area contributed by atoms with Crippen LogP contribution in [0, 0.1) is 11.8 Å².